The Morgan fingerprint density at radius 1 is 1.00 bits per heavy atom. The summed E-state index contributed by atoms with van der Waals surface area (Å²) in [4.78, 5) is 8.44. The van der Waals surface area contributed by atoms with Gasteiger partial charge in [0.1, 0.15) is 0 Å². The van der Waals surface area contributed by atoms with Crippen molar-refractivity contribution >= 4 is 5.96 Å². The van der Waals surface area contributed by atoms with Crippen molar-refractivity contribution in [3.05, 3.63) is 83.9 Å². The summed E-state index contributed by atoms with van der Waals surface area (Å²) in [5.74, 6) is 0.781. The summed E-state index contributed by atoms with van der Waals surface area (Å²) in [6.07, 6.45) is 5.54. The molecule has 0 saturated heterocycles. The van der Waals surface area contributed by atoms with E-state index in [2.05, 4.69) is 63.9 Å². The first kappa shape index (κ1) is 16.8. The molecule has 0 aliphatic rings. The Morgan fingerprint density at radius 2 is 1.68 bits per heavy atom. The van der Waals surface area contributed by atoms with Gasteiger partial charge in [0.25, 0.3) is 0 Å². The van der Waals surface area contributed by atoms with E-state index in [9.17, 15) is 0 Å². The molecule has 5 heteroatoms. The fourth-order valence-corrected chi connectivity index (χ4v) is 2.70. The van der Waals surface area contributed by atoms with Crippen molar-refractivity contribution in [2.45, 2.75) is 20.0 Å². The molecule has 0 saturated carbocycles. The molecule has 1 aromatic heterocycles. The smallest absolute Gasteiger partial charge is 0.191 e. The van der Waals surface area contributed by atoms with Crippen molar-refractivity contribution in [2.75, 3.05) is 7.05 Å². The van der Waals surface area contributed by atoms with Crippen molar-refractivity contribution in [1.82, 2.24) is 20.2 Å². The Kier molecular flexibility index (Phi) is 5.46. The first-order valence-corrected chi connectivity index (χ1v) is 8.33. The molecular formula is C20H23N5. The van der Waals surface area contributed by atoms with Crippen molar-refractivity contribution in [3.8, 4) is 5.69 Å². The predicted octanol–water partition coefficient (Wildman–Crippen LogP) is 3.05. The lowest BCUT2D eigenvalue weighted by molar-refractivity contribution is 0.801. The van der Waals surface area contributed by atoms with Crippen LogP contribution in [0.2, 0.25) is 0 Å². The second-order valence-electron chi connectivity index (χ2n) is 5.80. The van der Waals surface area contributed by atoms with E-state index in [1.165, 1.54) is 16.7 Å². The Bertz CT molecular complexity index is 837. The molecule has 2 N–H and O–H groups in total. The zero-order valence-electron chi connectivity index (χ0n) is 14.6. The standard InChI is InChI=1S/C20H23N5/c1-16-7-3-4-8-17(16)13-23-20(21-2)24-14-18-9-5-6-10-19(18)25-12-11-22-15-25/h3-12,15H,13-14H2,1-2H3,(H2,21,23,24). The third kappa shape index (κ3) is 4.26. The summed E-state index contributed by atoms with van der Waals surface area (Å²) in [6.45, 7) is 3.55. The number of hydrogen-bond donors (Lipinski definition) is 2. The minimum absolute atomic E-state index is 0.682. The van der Waals surface area contributed by atoms with Crippen molar-refractivity contribution in [1.29, 1.82) is 0 Å². The molecule has 3 rings (SSSR count). The van der Waals surface area contributed by atoms with Gasteiger partial charge in [0.05, 0.1) is 12.0 Å². The molecule has 0 aliphatic carbocycles. The summed E-state index contributed by atoms with van der Waals surface area (Å²) in [6, 6.07) is 16.6. The third-order valence-corrected chi connectivity index (χ3v) is 4.15. The zero-order valence-corrected chi connectivity index (χ0v) is 14.6. The van der Waals surface area contributed by atoms with Gasteiger partial charge in [-0.25, -0.2) is 4.98 Å². The third-order valence-electron chi connectivity index (χ3n) is 4.15. The van der Waals surface area contributed by atoms with E-state index in [1.807, 2.05) is 29.2 Å². The first-order chi connectivity index (χ1) is 12.3. The van der Waals surface area contributed by atoms with Crippen molar-refractivity contribution in [3.63, 3.8) is 0 Å². The molecule has 3 aromatic rings. The lowest BCUT2D eigenvalue weighted by Crippen LogP contribution is -2.36. The number of rotatable bonds is 5. The Labute approximate surface area is 148 Å². The second-order valence-corrected chi connectivity index (χ2v) is 5.80. The number of benzene rings is 2. The molecule has 0 aliphatic heterocycles. The van der Waals surface area contributed by atoms with Gasteiger partial charge in [0.2, 0.25) is 0 Å². The maximum atomic E-state index is 4.32. The number of para-hydroxylation sites is 1. The molecule has 0 fully saturated rings. The molecule has 128 valence electrons. The Balaban J connectivity index is 1.64. The summed E-state index contributed by atoms with van der Waals surface area (Å²) >= 11 is 0. The highest BCUT2D eigenvalue weighted by molar-refractivity contribution is 5.79. The lowest BCUT2D eigenvalue weighted by Gasteiger charge is -2.15. The van der Waals surface area contributed by atoms with Crippen molar-refractivity contribution < 1.29 is 0 Å². The van der Waals surface area contributed by atoms with Gasteiger partial charge in [-0.1, -0.05) is 42.5 Å². The molecule has 2 aromatic carbocycles. The van der Waals surface area contributed by atoms with Gasteiger partial charge in [0, 0.05) is 32.5 Å². The maximum absolute atomic E-state index is 4.32. The van der Waals surface area contributed by atoms with E-state index in [-0.39, 0.29) is 0 Å². The van der Waals surface area contributed by atoms with Gasteiger partial charge >= 0.3 is 0 Å². The number of aliphatic imine (C=N–C) groups is 1. The molecule has 0 spiro atoms. The van der Waals surface area contributed by atoms with Crippen LogP contribution in [0.1, 0.15) is 16.7 Å². The number of imidazole rings is 1. The lowest BCUT2D eigenvalue weighted by atomic mass is 10.1. The van der Waals surface area contributed by atoms with Crippen LogP contribution in [-0.4, -0.2) is 22.6 Å². The number of hydrogen-bond acceptors (Lipinski definition) is 2. The largest absolute Gasteiger partial charge is 0.352 e. The predicted molar refractivity (Wildman–Crippen MR) is 102 cm³/mol. The van der Waals surface area contributed by atoms with E-state index >= 15 is 0 Å². The second kappa shape index (κ2) is 8.15. The number of aromatic nitrogens is 2. The fraction of sp³-hybridized carbons (Fsp3) is 0.200. The summed E-state index contributed by atoms with van der Waals surface area (Å²) < 4.78 is 2.01. The Morgan fingerprint density at radius 3 is 2.36 bits per heavy atom. The van der Waals surface area contributed by atoms with Crippen LogP contribution in [0.5, 0.6) is 0 Å². The molecular weight excluding hydrogens is 310 g/mol. The van der Waals surface area contributed by atoms with Gasteiger partial charge < -0.3 is 15.2 Å². The topological polar surface area (TPSA) is 54.2 Å². The molecule has 5 nitrogen and oxygen atoms in total. The maximum Gasteiger partial charge on any atom is 0.191 e. The minimum Gasteiger partial charge on any atom is -0.352 e. The van der Waals surface area contributed by atoms with Crippen LogP contribution in [-0.2, 0) is 13.1 Å². The molecule has 0 bridgehead atoms. The molecule has 0 amide bonds. The van der Waals surface area contributed by atoms with Crippen LogP contribution < -0.4 is 10.6 Å². The van der Waals surface area contributed by atoms with E-state index < -0.39 is 0 Å². The van der Waals surface area contributed by atoms with Crippen LogP contribution in [0.25, 0.3) is 5.69 Å². The van der Waals surface area contributed by atoms with Crippen LogP contribution in [0.4, 0.5) is 0 Å². The highest BCUT2D eigenvalue weighted by atomic mass is 15.2. The van der Waals surface area contributed by atoms with Crippen LogP contribution in [0.15, 0.2) is 72.2 Å². The summed E-state index contributed by atoms with van der Waals surface area (Å²) in [5, 5.41) is 6.75. The first-order valence-electron chi connectivity index (χ1n) is 8.33. The number of nitrogens with one attached hydrogen (secondary N) is 2. The molecule has 1 heterocycles. The van der Waals surface area contributed by atoms with Gasteiger partial charge in [-0.3, -0.25) is 4.99 Å². The van der Waals surface area contributed by atoms with E-state index in [0.29, 0.717) is 6.54 Å². The quantitative estimate of drug-likeness (QED) is 0.557. The van der Waals surface area contributed by atoms with Crippen LogP contribution in [0, 0.1) is 6.92 Å². The molecule has 0 radical (unpaired) electrons. The van der Waals surface area contributed by atoms with Gasteiger partial charge in [-0.15, -0.1) is 0 Å². The SMILES string of the molecule is CN=C(NCc1ccccc1C)NCc1ccccc1-n1ccnc1. The van der Waals surface area contributed by atoms with Crippen molar-refractivity contribution in [2.24, 2.45) is 4.99 Å². The summed E-state index contributed by atoms with van der Waals surface area (Å²) in [7, 11) is 1.79. The van der Waals surface area contributed by atoms with Crippen LogP contribution in [0.3, 0.4) is 0 Å². The van der Waals surface area contributed by atoms with E-state index in [1.54, 1.807) is 13.2 Å². The van der Waals surface area contributed by atoms with E-state index in [0.717, 1.165) is 18.2 Å². The minimum atomic E-state index is 0.682. The zero-order chi connectivity index (χ0) is 17.5. The van der Waals surface area contributed by atoms with Gasteiger partial charge in [-0.2, -0.15) is 0 Å². The van der Waals surface area contributed by atoms with Crippen LogP contribution >= 0.6 is 0 Å². The average molecular weight is 333 g/mol. The monoisotopic (exact) mass is 333 g/mol. The normalized spacial score (nSPS) is 11.4. The molecule has 0 unspecified atom stereocenters. The number of aryl methyl sites for hydroxylation is 1. The van der Waals surface area contributed by atoms with Gasteiger partial charge in [-0.05, 0) is 29.7 Å². The highest BCUT2D eigenvalue weighted by Crippen LogP contribution is 2.13. The number of nitrogens with zero attached hydrogens (tertiary/aromatic N) is 3. The Hall–Kier alpha value is -3.08. The van der Waals surface area contributed by atoms with E-state index in [4.69, 9.17) is 0 Å². The molecule has 25 heavy (non-hydrogen) atoms. The summed E-state index contributed by atoms with van der Waals surface area (Å²) in [5.41, 5.74) is 4.83. The highest BCUT2D eigenvalue weighted by Gasteiger charge is 2.05. The van der Waals surface area contributed by atoms with Gasteiger partial charge in [0.15, 0.2) is 5.96 Å². The average Bonchev–Trinajstić information content (AvgIpc) is 3.18. The fourth-order valence-electron chi connectivity index (χ4n) is 2.70. The molecule has 0 atom stereocenters. The number of guanidine groups is 1.